The smallest absolute Gasteiger partial charge is 0.330 e. The second-order valence-electron chi connectivity index (χ2n) is 2.56. The van der Waals surface area contributed by atoms with Crippen molar-refractivity contribution >= 4 is 30.4 Å². The zero-order valence-corrected chi connectivity index (χ0v) is 7.91. The van der Waals surface area contributed by atoms with E-state index >= 15 is 0 Å². The number of nitrogens with zero attached hydrogens (tertiary/aromatic N) is 1. The van der Waals surface area contributed by atoms with Crippen LogP contribution in [-0.2, 0) is 19.2 Å². The summed E-state index contributed by atoms with van der Waals surface area (Å²) >= 11 is 3.85. The zero-order chi connectivity index (χ0) is 10.0. The van der Waals surface area contributed by atoms with Gasteiger partial charge in [-0.2, -0.15) is 12.6 Å². The van der Waals surface area contributed by atoms with Gasteiger partial charge in [0, 0.05) is 6.42 Å². The number of hydroxylamine groups is 2. The van der Waals surface area contributed by atoms with Crippen molar-refractivity contribution in [3.63, 3.8) is 0 Å². The Labute approximate surface area is 80.4 Å². The summed E-state index contributed by atoms with van der Waals surface area (Å²) in [7, 11) is 0. The Morgan fingerprint density at radius 2 is 2.31 bits per heavy atom. The first-order valence-corrected chi connectivity index (χ1v) is 4.33. The highest BCUT2D eigenvalue weighted by Gasteiger charge is 2.39. The highest BCUT2D eigenvalue weighted by atomic mass is 32.1. The van der Waals surface area contributed by atoms with Crippen LogP contribution in [0.4, 0.5) is 0 Å². The molecule has 72 valence electrons. The van der Waals surface area contributed by atoms with E-state index in [2.05, 4.69) is 17.5 Å². The summed E-state index contributed by atoms with van der Waals surface area (Å²) in [4.78, 5) is 37.4. The van der Waals surface area contributed by atoms with E-state index in [1.165, 1.54) is 0 Å². The zero-order valence-electron chi connectivity index (χ0n) is 7.02. The summed E-state index contributed by atoms with van der Waals surface area (Å²) < 4.78 is 0. The molecule has 0 aromatic rings. The van der Waals surface area contributed by atoms with Crippen molar-refractivity contribution in [2.75, 3.05) is 0 Å². The van der Waals surface area contributed by atoms with Gasteiger partial charge >= 0.3 is 5.97 Å². The Morgan fingerprint density at radius 3 is 2.69 bits per heavy atom. The van der Waals surface area contributed by atoms with Gasteiger partial charge in [-0.1, -0.05) is 6.92 Å². The molecule has 6 heteroatoms. The maximum atomic E-state index is 11.1. The van der Waals surface area contributed by atoms with E-state index in [1.807, 2.05) is 0 Å². The molecule has 13 heavy (non-hydrogen) atoms. The van der Waals surface area contributed by atoms with Crippen molar-refractivity contribution in [1.82, 2.24) is 5.06 Å². The second kappa shape index (κ2) is 3.78. The van der Waals surface area contributed by atoms with Crippen LogP contribution in [0.2, 0.25) is 0 Å². The third kappa shape index (κ3) is 2.00. The van der Waals surface area contributed by atoms with Crippen LogP contribution in [0.3, 0.4) is 0 Å². The molecule has 2 amide bonds. The monoisotopic (exact) mass is 203 g/mol. The van der Waals surface area contributed by atoms with Crippen molar-refractivity contribution in [2.45, 2.75) is 25.0 Å². The van der Waals surface area contributed by atoms with Gasteiger partial charge in [-0.05, 0) is 0 Å². The lowest BCUT2D eigenvalue weighted by atomic mass is 10.4. The average molecular weight is 203 g/mol. The highest BCUT2D eigenvalue weighted by molar-refractivity contribution is 7.81. The SMILES string of the molecule is CCC(=O)ON1C(=O)CC(S)C1=O. The van der Waals surface area contributed by atoms with Gasteiger partial charge in [-0.15, -0.1) is 5.06 Å². The predicted octanol–water partition coefficient (Wildman–Crippen LogP) is -0.0881. The van der Waals surface area contributed by atoms with Crippen LogP contribution in [0, 0.1) is 0 Å². The molecule has 1 fully saturated rings. The molecular formula is C7H9NO4S. The second-order valence-corrected chi connectivity index (χ2v) is 3.19. The van der Waals surface area contributed by atoms with E-state index in [-0.39, 0.29) is 12.8 Å². The molecule has 0 N–H and O–H groups in total. The number of rotatable bonds is 2. The van der Waals surface area contributed by atoms with E-state index in [4.69, 9.17) is 0 Å². The van der Waals surface area contributed by atoms with Gasteiger partial charge in [0.2, 0.25) is 0 Å². The molecule has 0 aromatic carbocycles. The number of imide groups is 1. The van der Waals surface area contributed by atoms with Crippen LogP contribution in [0.25, 0.3) is 0 Å². The molecule has 1 saturated heterocycles. The average Bonchev–Trinajstić information content (AvgIpc) is 2.32. The standard InChI is InChI=1S/C7H9NO4S/c1-2-6(10)12-8-5(9)3-4(13)7(8)11/h4,13H,2-3H2,1H3. The molecule has 1 heterocycles. The third-order valence-electron chi connectivity index (χ3n) is 1.56. The van der Waals surface area contributed by atoms with Crippen LogP contribution in [0.5, 0.6) is 0 Å². The maximum Gasteiger partial charge on any atom is 0.332 e. The Bertz CT molecular complexity index is 265. The molecule has 0 saturated carbocycles. The van der Waals surface area contributed by atoms with Gasteiger partial charge in [-0.3, -0.25) is 9.59 Å². The van der Waals surface area contributed by atoms with Crippen LogP contribution < -0.4 is 0 Å². The molecule has 1 aliphatic heterocycles. The fourth-order valence-electron chi connectivity index (χ4n) is 0.856. The quantitative estimate of drug-likeness (QED) is 0.503. The van der Waals surface area contributed by atoms with Crippen LogP contribution in [-0.4, -0.2) is 28.1 Å². The Morgan fingerprint density at radius 1 is 1.69 bits per heavy atom. The minimum Gasteiger partial charge on any atom is -0.330 e. The molecule has 0 spiro atoms. The van der Waals surface area contributed by atoms with Gasteiger partial charge in [0.15, 0.2) is 0 Å². The summed E-state index contributed by atoms with van der Waals surface area (Å²) in [6.45, 7) is 1.57. The molecule has 0 bridgehead atoms. The van der Waals surface area contributed by atoms with E-state index in [0.717, 1.165) is 0 Å². The first kappa shape index (κ1) is 10.0. The Kier molecular flexibility index (Phi) is 2.92. The van der Waals surface area contributed by atoms with Crippen molar-refractivity contribution < 1.29 is 19.2 Å². The maximum absolute atomic E-state index is 11.1. The first-order valence-electron chi connectivity index (χ1n) is 3.82. The molecule has 0 aromatic heterocycles. The van der Waals surface area contributed by atoms with Gasteiger partial charge in [0.25, 0.3) is 11.8 Å². The lowest BCUT2D eigenvalue weighted by molar-refractivity contribution is -0.197. The topological polar surface area (TPSA) is 63.7 Å². The molecular weight excluding hydrogens is 194 g/mol. The van der Waals surface area contributed by atoms with Crippen LogP contribution in [0.1, 0.15) is 19.8 Å². The minimum atomic E-state index is -0.683. The first-order chi connectivity index (χ1) is 6.06. The normalized spacial score (nSPS) is 22.3. The minimum absolute atomic E-state index is 0.0149. The lowest BCUT2D eigenvalue weighted by Crippen LogP contribution is -2.33. The fraction of sp³-hybridized carbons (Fsp3) is 0.571. The summed E-state index contributed by atoms with van der Waals surface area (Å²) in [6.07, 6.45) is 0.104. The number of carbonyl (C=O) groups is 3. The summed E-state index contributed by atoms with van der Waals surface area (Å²) in [6, 6.07) is 0. The van der Waals surface area contributed by atoms with Gasteiger partial charge in [0.1, 0.15) is 0 Å². The fourth-order valence-corrected chi connectivity index (χ4v) is 1.12. The molecule has 0 radical (unpaired) electrons. The molecule has 0 aliphatic carbocycles. The van der Waals surface area contributed by atoms with Crippen molar-refractivity contribution in [3.8, 4) is 0 Å². The highest BCUT2D eigenvalue weighted by Crippen LogP contribution is 2.18. The lowest BCUT2D eigenvalue weighted by Gasteiger charge is -2.11. The predicted molar refractivity (Wildman–Crippen MR) is 45.6 cm³/mol. The summed E-state index contributed by atoms with van der Waals surface area (Å²) in [5.41, 5.74) is 0. The molecule has 1 rings (SSSR count). The van der Waals surface area contributed by atoms with Crippen molar-refractivity contribution in [1.29, 1.82) is 0 Å². The summed E-state index contributed by atoms with van der Waals surface area (Å²) in [5, 5.41) is -0.194. The number of amides is 2. The number of hydrogen-bond acceptors (Lipinski definition) is 5. The van der Waals surface area contributed by atoms with E-state index in [1.54, 1.807) is 6.92 Å². The molecule has 1 atom stereocenters. The number of thiol groups is 1. The van der Waals surface area contributed by atoms with Gasteiger partial charge in [-0.25, -0.2) is 4.79 Å². The number of carbonyl (C=O) groups excluding carboxylic acids is 3. The van der Waals surface area contributed by atoms with E-state index in [0.29, 0.717) is 5.06 Å². The van der Waals surface area contributed by atoms with Gasteiger partial charge in [0.05, 0.1) is 11.7 Å². The largest absolute Gasteiger partial charge is 0.332 e. The van der Waals surface area contributed by atoms with Crippen molar-refractivity contribution in [2.24, 2.45) is 0 Å². The van der Waals surface area contributed by atoms with Crippen LogP contribution >= 0.6 is 12.6 Å². The molecule has 1 aliphatic rings. The summed E-state index contributed by atoms with van der Waals surface area (Å²) in [5.74, 6) is -1.70. The van der Waals surface area contributed by atoms with Gasteiger partial charge < -0.3 is 4.84 Å². The van der Waals surface area contributed by atoms with Crippen molar-refractivity contribution in [3.05, 3.63) is 0 Å². The number of hydrogen-bond donors (Lipinski definition) is 1. The van der Waals surface area contributed by atoms with E-state index < -0.39 is 23.0 Å². The Balaban J connectivity index is 2.64. The molecule has 5 nitrogen and oxygen atoms in total. The van der Waals surface area contributed by atoms with Crippen LogP contribution in [0.15, 0.2) is 0 Å². The Hall–Kier alpha value is -1.04. The van der Waals surface area contributed by atoms with E-state index in [9.17, 15) is 14.4 Å². The molecule has 1 unspecified atom stereocenters. The third-order valence-corrected chi connectivity index (χ3v) is 1.96.